The summed E-state index contributed by atoms with van der Waals surface area (Å²) in [6.07, 6.45) is 0. The van der Waals surface area contributed by atoms with Gasteiger partial charge in [0.25, 0.3) is 0 Å². The lowest BCUT2D eigenvalue weighted by Gasteiger charge is -2.14. The molecule has 1 N–H and O–H groups in total. The number of nitrogens with zero attached hydrogens (tertiary/aromatic N) is 1. The molecule has 12 heavy (non-hydrogen) atoms. The van der Waals surface area contributed by atoms with Crippen LogP contribution in [0.4, 0.5) is 0 Å². The van der Waals surface area contributed by atoms with Crippen LogP contribution in [0.2, 0.25) is 25.7 Å². The highest BCUT2D eigenvalue weighted by Crippen LogP contribution is 2.07. The molecule has 0 unspecified atom stereocenters. The Hall–Kier alpha value is -0.713. The van der Waals surface area contributed by atoms with Crippen LogP contribution in [-0.2, 0) is 9.53 Å². The number of hydrogen-bond donors (Lipinski definition) is 1. The SMILES string of the molecule is C[Si](C)(C)CCOC(=O)CN=N. The number of carbonyl (C=O) groups is 1. The lowest BCUT2D eigenvalue weighted by atomic mass is 10.7. The normalized spacial score (nSPS) is 10.9. The van der Waals surface area contributed by atoms with Crippen molar-refractivity contribution in [1.82, 2.24) is 0 Å². The first-order chi connectivity index (χ1) is 5.45. The minimum Gasteiger partial charge on any atom is -0.465 e. The highest BCUT2D eigenvalue weighted by Gasteiger charge is 2.13. The van der Waals surface area contributed by atoms with E-state index in [1.165, 1.54) is 0 Å². The molecule has 0 spiro atoms. The molecule has 0 saturated carbocycles. The molecule has 0 aliphatic heterocycles. The highest BCUT2D eigenvalue weighted by atomic mass is 28.3. The zero-order chi connectivity index (χ0) is 9.61. The largest absolute Gasteiger partial charge is 0.465 e. The van der Waals surface area contributed by atoms with E-state index in [1.807, 2.05) is 0 Å². The van der Waals surface area contributed by atoms with Crippen molar-refractivity contribution < 1.29 is 9.53 Å². The molecule has 0 fully saturated rings. The molecule has 5 heteroatoms. The van der Waals surface area contributed by atoms with E-state index in [9.17, 15) is 4.79 Å². The summed E-state index contributed by atoms with van der Waals surface area (Å²) in [5.74, 6) is -0.400. The maximum atomic E-state index is 10.7. The molecule has 4 nitrogen and oxygen atoms in total. The van der Waals surface area contributed by atoms with E-state index in [4.69, 9.17) is 10.3 Å². The number of rotatable bonds is 5. The minimum atomic E-state index is -1.10. The maximum absolute atomic E-state index is 10.7. The number of ether oxygens (including phenoxy) is 1. The van der Waals surface area contributed by atoms with Crippen LogP contribution in [0.5, 0.6) is 0 Å². The Balaban J connectivity index is 3.43. The van der Waals surface area contributed by atoms with Crippen LogP contribution < -0.4 is 0 Å². The smallest absolute Gasteiger partial charge is 0.329 e. The predicted molar refractivity (Wildman–Crippen MR) is 49.1 cm³/mol. The van der Waals surface area contributed by atoms with E-state index in [2.05, 4.69) is 24.8 Å². The molecule has 0 aromatic carbocycles. The predicted octanol–water partition coefficient (Wildman–Crippen LogP) is 1.90. The van der Waals surface area contributed by atoms with Crippen LogP contribution >= 0.6 is 0 Å². The van der Waals surface area contributed by atoms with Gasteiger partial charge in [-0.05, 0) is 6.04 Å². The van der Waals surface area contributed by atoms with E-state index in [1.54, 1.807) is 0 Å². The summed E-state index contributed by atoms with van der Waals surface area (Å²) in [4.78, 5) is 10.7. The van der Waals surface area contributed by atoms with Gasteiger partial charge < -0.3 is 4.74 Å². The lowest BCUT2D eigenvalue weighted by Crippen LogP contribution is -2.23. The Morgan fingerprint density at radius 2 is 2.08 bits per heavy atom. The van der Waals surface area contributed by atoms with E-state index in [0.29, 0.717) is 6.61 Å². The summed E-state index contributed by atoms with van der Waals surface area (Å²) in [6.45, 7) is 6.98. The maximum Gasteiger partial charge on any atom is 0.329 e. The van der Waals surface area contributed by atoms with Crippen molar-refractivity contribution in [3.05, 3.63) is 0 Å². The van der Waals surface area contributed by atoms with Crippen LogP contribution in [0.3, 0.4) is 0 Å². The molecule has 0 aromatic rings. The summed E-state index contributed by atoms with van der Waals surface area (Å²) in [7, 11) is -1.10. The molecule has 0 aliphatic rings. The van der Waals surface area contributed by atoms with Crippen LogP contribution in [0, 0.1) is 5.53 Å². The van der Waals surface area contributed by atoms with E-state index >= 15 is 0 Å². The zero-order valence-electron chi connectivity index (χ0n) is 7.89. The third-order valence-electron chi connectivity index (χ3n) is 1.32. The molecular weight excluding hydrogens is 172 g/mol. The van der Waals surface area contributed by atoms with Gasteiger partial charge in [0.05, 0.1) is 6.61 Å². The minimum absolute atomic E-state index is 0.147. The van der Waals surface area contributed by atoms with Gasteiger partial charge >= 0.3 is 5.97 Å². The Morgan fingerprint density at radius 3 is 2.50 bits per heavy atom. The lowest BCUT2D eigenvalue weighted by molar-refractivity contribution is -0.141. The summed E-state index contributed by atoms with van der Waals surface area (Å²) < 4.78 is 4.84. The van der Waals surface area contributed by atoms with Crippen LogP contribution in [0.1, 0.15) is 0 Å². The number of esters is 1. The molecule has 0 saturated heterocycles. The van der Waals surface area contributed by atoms with Gasteiger partial charge in [-0.1, -0.05) is 19.6 Å². The molecule has 0 radical (unpaired) electrons. The third-order valence-corrected chi connectivity index (χ3v) is 3.03. The quantitative estimate of drug-likeness (QED) is 0.407. The van der Waals surface area contributed by atoms with Gasteiger partial charge in [0.15, 0.2) is 6.54 Å². The zero-order valence-corrected chi connectivity index (χ0v) is 8.89. The number of hydrogen-bond acceptors (Lipinski definition) is 4. The molecule has 0 bridgehead atoms. The summed E-state index contributed by atoms with van der Waals surface area (Å²) in [6, 6.07) is 0.969. The van der Waals surface area contributed by atoms with Crippen molar-refractivity contribution in [2.75, 3.05) is 13.2 Å². The van der Waals surface area contributed by atoms with Gasteiger partial charge in [-0.25, -0.2) is 10.3 Å². The Morgan fingerprint density at radius 1 is 1.50 bits per heavy atom. The number of carbonyl (C=O) groups excluding carboxylic acids is 1. The molecule has 0 atom stereocenters. The first-order valence-corrected chi connectivity index (χ1v) is 7.65. The second-order valence-corrected chi connectivity index (χ2v) is 9.47. The Kier molecular flexibility index (Phi) is 4.73. The van der Waals surface area contributed by atoms with Gasteiger partial charge in [-0.3, -0.25) is 0 Å². The van der Waals surface area contributed by atoms with Crippen LogP contribution in [0.25, 0.3) is 0 Å². The van der Waals surface area contributed by atoms with Gasteiger partial charge in [-0.2, -0.15) is 5.11 Å². The third kappa shape index (κ3) is 7.39. The van der Waals surface area contributed by atoms with Crippen molar-refractivity contribution in [2.24, 2.45) is 5.11 Å². The topological polar surface area (TPSA) is 62.5 Å². The summed E-state index contributed by atoms with van der Waals surface area (Å²) >= 11 is 0. The van der Waals surface area contributed by atoms with Crippen LogP contribution in [0.15, 0.2) is 5.11 Å². The first kappa shape index (κ1) is 11.3. The highest BCUT2D eigenvalue weighted by molar-refractivity contribution is 6.76. The fourth-order valence-electron chi connectivity index (χ4n) is 0.581. The van der Waals surface area contributed by atoms with Gasteiger partial charge in [0.1, 0.15) is 0 Å². The van der Waals surface area contributed by atoms with Crippen molar-refractivity contribution >= 4 is 14.0 Å². The van der Waals surface area contributed by atoms with E-state index in [-0.39, 0.29) is 6.54 Å². The summed E-state index contributed by atoms with van der Waals surface area (Å²) in [5, 5.41) is 2.94. The monoisotopic (exact) mass is 188 g/mol. The molecular formula is C7H16N2O2Si. The van der Waals surface area contributed by atoms with Gasteiger partial charge in [0, 0.05) is 8.07 Å². The van der Waals surface area contributed by atoms with E-state index in [0.717, 1.165) is 6.04 Å². The standard InChI is InChI=1S/C7H16N2O2Si/c1-12(2,3)5-4-11-7(10)6-9-8/h8H,4-6H2,1-3H3. The van der Waals surface area contributed by atoms with Gasteiger partial charge in [-0.15, -0.1) is 0 Å². The average Bonchev–Trinajstić information content (AvgIpc) is 1.84. The van der Waals surface area contributed by atoms with Crippen molar-refractivity contribution in [1.29, 1.82) is 5.53 Å². The van der Waals surface area contributed by atoms with E-state index < -0.39 is 14.0 Å². The second kappa shape index (κ2) is 5.03. The first-order valence-electron chi connectivity index (χ1n) is 3.94. The molecule has 0 aromatic heterocycles. The average molecular weight is 188 g/mol. The molecule has 0 rings (SSSR count). The summed E-state index contributed by atoms with van der Waals surface area (Å²) in [5.41, 5.74) is 6.42. The van der Waals surface area contributed by atoms with Gasteiger partial charge in [0.2, 0.25) is 0 Å². The van der Waals surface area contributed by atoms with Crippen molar-refractivity contribution in [2.45, 2.75) is 25.7 Å². The molecule has 0 amide bonds. The fourth-order valence-corrected chi connectivity index (χ4v) is 1.30. The number of nitrogens with one attached hydrogen (secondary N) is 1. The molecule has 0 aliphatic carbocycles. The van der Waals surface area contributed by atoms with Crippen LogP contribution in [-0.4, -0.2) is 27.2 Å². The molecule has 0 heterocycles. The van der Waals surface area contributed by atoms with Crippen molar-refractivity contribution in [3.63, 3.8) is 0 Å². The fraction of sp³-hybridized carbons (Fsp3) is 0.857. The Bertz CT molecular complexity index is 165. The molecule has 70 valence electrons. The Labute approximate surface area is 73.8 Å². The van der Waals surface area contributed by atoms with Crippen molar-refractivity contribution in [3.8, 4) is 0 Å². The second-order valence-electron chi connectivity index (χ2n) is 3.85.